The molecule has 18 heavy (non-hydrogen) atoms. The van der Waals surface area contributed by atoms with Crippen LogP contribution in [0.4, 0.5) is 0 Å². The third-order valence-electron chi connectivity index (χ3n) is 3.34. The van der Waals surface area contributed by atoms with Crippen LogP contribution in [0.3, 0.4) is 0 Å². The van der Waals surface area contributed by atoms with Gasteiger partial charge >= 0.3 is 0 Å². The van der Waals surface area contributed by atoms with Crippen molar-refractivity contribution in [3.05, 3.63) is 11.3 Å². The zero-order chi connectivity index (χ0) is 13.3. The summed E-state index contributed by atoms with van der Waals surface area (Å²) in [7, 11) is 5.49. The van der Waals surface area contributed by atoms with Gasteiger partial charge in [-0.05, 0) is 19.8 Å². The number of nitrogens with two attached hydrogens (primary N) is 1. The largest absolute Gasteiger partial charge is 0.481 e. The van der Waals surface area contributed by atoms with Crippen molar-refractivity contribution in [3.63, 3.8) is 0 Å². The maximum atomic E-state index is 5.96. The van der Waals surface area contributed by atoms with Crippen LogP contribution in [-0.2, 0) is 13.6 Å². The minimum absolute atomic E-state index is 0.506. The van der Waals surface area contributed by atoms with Crippen LogP contribution in [0.5, 0.6) is 5.88 Å². The second-order valence-corrected chi connectivity index (χ2v) is 4.71. The first-order valence-corrected chi connectivity index (χ1v) is 6.13. The summed E-state index contributed by atoms with van der Waals surface area (Å²) in [4.78, 5) is 6.47. The van der Waals surface area contributed by atoms with E-state index in [1.807, 2.05) is 25.9 Å². The molecule has 0 spiro atoms. The van der Waals surface area contributed by atoms with Gasteiger partial charge in [-0.25, -0.2) is 9.67 Å². The second-order valence-electron chi connectivity index (χ2n) is 4.71. The molecular formula is C12H21N5O. The Kier molecular flexibility index (Phi) is 3.45. The van der Waals surface area contributed by atoms with Gasteiger partial charge in [-0.3, -0.25) is 0 Å². The van der Waals surface area contributed by atoms with E-state index in [-0.39, 0.29) is 0 Å². The van der Waals surface area contributed by atoms with E-state index in [1.165, 1.54) is 12.8 Å². The highest BCUT2D eigenvalue weighted by Crippen LogP contribution is 2.25. The van der Waals surface area contributed by atoms with Crippen LogP contribution in [0.15, 0.2) is 4.99 Å². The second kappa shape index (κ2) is 4.88. The van der Waals surface area contributed by atoms with Crippen LogP contribution >= 0.6 is 0 Å². The summed E-state index contributed by atoms with van der Waals surface area (Å²) in [6, 6.07) is 0.575. The lowest BCUT2D eigenvalue weighted by Crippen LogP contribution is -2.35. The molecule has 0 aromatic carbocycles. The molecule has 6 heteroatoms. The number of methoxy groups -OCH3 is 1. The number of ether oxygens (including phenoxy) is 1. The smallest absolute Gasteiger partial charge is 0.216 e. The number of guanidine groups is 1. The number of rotatable bonds is 4. The molecular weight excluding hydrogens is 230 g/mol. The predicted octanol–water partition coefficient (Wildman–Crippen LogP) is 0.646. The Balaban J connectivity index is 2.11. The molecule has 6 nitrogen and oxygen atoms in total. The first kappa shape index (κ1) is 12.7. The number of aliphatic imine (C=N–C) groups is 1. The summed E-state index contributed by atoms with van der Waals surface area (Å²) >= 11 is 0. The predicted molar refractivity (Wildman–Crippen MR) is 70.6 cm³/mol. The minimum atomic E-state index is 0.506. The molecule has 0 unspecified atom stereocenters. The number of nitrogens with zero attached hydrogens (tertiary/aromatic N) is 4. The van der Waals surface area contributed by atoms with E-state index in [4.69, 9.17) is 10.5 Å². The molecule has 1 aliphatic rings. The van der Waals surface area contributed by atoms with Crippen molar-refractivity contribution in [1.82, 2.24) is 14.7 Å². The van der Waals surface area contributed by atoms with Gasteiger partial charge in [0.05, 0.1) is 24.9 Å². The van der Waals surface area contributed by atoms with Gasteiger partial charge in [0.1, 0.15) is 0 Å². The molecule has 1 saturated carbocycles. The fourth-order valence-electron chi connectivity index (χ4n) is 2.04. The lowest BCUT2D eigenvalue weighted by Gasteiger charge is -2.16. The molecule has 1 heterocycles. The zero-order valence-electron chi connectivity index (χ0n) is 11.5. The highest BCUT2D eigenvalue weighted by atomic mass is 16.5. The lowest BCUT2D eigenvalue weighted by atomic mass is 10.2. The van der Waals surface area contributed by atoms with Crippen molar-refractivity contribution in [2.75, 3.05) is 14.2 Å². The highest BCUT2D eigenvalue weighted by Gasteiger charge is 2.27. The molecule has 0 bridgehead atoms. The molecule has 1 aromatic rings. The van der Waals surface area contributed by atoms with Gasteiger partial charge in [0, 0.05) is 20.1 Å². The van der Waals surface area contributed by atoms with Gasteiger partial charge in [-0.1, -0.05) is 0 Å². The molecule has 0 saturated heterocycles. The van der Waals surface area contributed by atoms with Crippen LogP contribution < -0.4 is 10.5 Å². The van der Waals surface area contributed by atoms with E-state index in [0.29, 0.717) is 18.5 Å². The van der Waals surface area contributed by atoms with E-state index >= 15 is 0 Å². The van der Waals surface area contributed by atoms with Crippen LogP contribution in [0.25, 0.3) is 0 Å². The molecule has 100 valence electrons. The summed E-state index contributed by atoms with van der Waals surface area (Å²) in [5.41, 5.74) is 7.89. The molecule has 2 rings (SSSR count). The fourth-order valence-corrected chi connectivity index (χ4v) is 2.04. The summed E-state index contributed by atoms with van der Waals surface area (Å²) in [5, 5.41) is 4.32. The van der Waals surface area contributed by atoms with Gasteiger partial charge in [0.25, 0.3) is 0 Å². The summed E-state index contributed by atoms with van der Waals surface area (Å²) in [6.07, 6.45) is 2.42. The number of aromatic nitrogens is 2. The van der Waals surface area contributed by atoms with Crippen LogP contribution in [0.1, 0.15) is 24.1 Å². The molecule has 0 amide bonds. The van der Waals surface area contributed by atoms with E-state index in [9.17, 15) is 0 Å². The van der Waals surface area contributed by atoms with Crippen molar-refractivity contribution < 1.29 is 4.74 Å². The molecule has 1 aliphatic carbocycles. The quantitative estimate of drug-likeness (QED) is 0.630. The molecule has 1 fully saturated rings. The monoisotopic (exact) mass is 251 g/mol. The van der Waals surface area contributed by atoms with E-state index in [1.54, 1.807) is 11.8 Å². The number of hydrogen-bond donors (Lipinski definition) is 1. The van der Waals surface area contributed by atoms with Gasteiger partial charge in [0.15, 0.2) is 5.96 Å². The first-order chi connectivity index (χ1) is 8.54. The number of hydrogen-bond acceptors (Lipinski definition) is 3. The van der Waals surface area contributed by atoms with Gasteiger partial charge in [0.2, 0.25) is 5.88 Å². The molecule has 0 aliphatic heterocycles. The zero-order valence-corrected chi connectivity index (χ0v) is 11.5. The maximum absolute atomic E-state index is 5.96. The number of aryl methyl sites for hydroxylation is 2. The Morgan fingerprint density at radius 2 is 2.28 bits per heavy atom. The normalized spacial score (nSPS) is 15.9. The van der Waals surface area contributed by atoms with Crippen LogP contribution in [0.2, 0.25) is 0 Å². The van der Waals surface area contributed by atoms with E-state index in [2.05, 4.69) is 10.1 Å². The molecule has 0 atom stereocenters. The third-order valence-corrected chi connectivity index (χ3v) is 3.34. The third kappa shape index (κ3) is 2.42. The summed E-state index contributed by atoms with van der Waals surface area (Å²) < 4.78 is 7.05. The van der Waals surface area contributed by atoms with E-state index < -0.39 is 0 Å². The average Bonchev–Trinajstić information content (AvgIpc) is 3.12. The van der Waals surface area contributed by atoms with Gasteiger partial charge in [-0.2, -0.15) is 5.10 Å². The van der Waals surface area contributed by atoms with Crippen molar-refractivity contribution in [3.8, 4) is 5.88 Å². The highest BCUT2D eigenvalue weighted by molar-refractivity contribution is 5.78. The SMILES string of the molecule is COc1c(CN=C(N)N(C)C2CC2)c(C)nn1C. The van der Waals surface area contributed by atoms with Crippen molar-refractivity contribution in [2.24, 2.45) is 17.8 Å². The van der Waals surface area contributed by atoms with Crippen molar-refractivity contribution in [1.29, 1.82) is 0 Å². The van der Waals surface area contributed by atoms with Crippen LogP contribution in [0, 0.1) is 6.92 Å². The summed E-state index contributed by atoms with van der Waals surface area (Å²) in [6.45, 7) is 2.46. The van der Waals surface area contributed by atoms with Gasteiger partial charge < -0.3 is 15.4 Å². The van der Waals surface area contributed by atoms with E-state index in [0.717, 1.165) is 17.1 Å². The lowest BCUT2D eigenvalue weighted by molar-refractivity contribution is 0.369. The molecule has 2 N–H and O–H groups in total. The average molecular weight is 251 g/mol. The Bertz CT molecular complexity index is 461. The minimum Gasteiger partial charge on any atom is -0.481 e. The summed E-state index contributed by atoms with van der Waals surface area (Å²) in [5.74, 6) is 1.33. The standard InChI is InChI=1S/C12H21N5O/c1-8-10(11(18-4)17(3)15-8)7-14-12(13)16(2)9-5-6-9/h9H,5-7H2,1-4H3,(H2,13,14). The fraction of sp³-hybridized carbons (Fsp3) is 0.667. The Morgan fingerprint density at radius 1 is 1.61 bits per heavy atom. The maximum Gasteiger partial charge on any atom is 0.216 e. The Morgan fingerprint density at radius 3 is 2.83 bits per heavy atom. The molecule has 0 radical (unpaired) electrons. The van der Waals surface area contributed by atoms with Crippen molar-refractivity contribution in [2.45, 2.75) is 32.4 Å². The van der Waals surface area contributed by atoms with Crippen LogP contribution in [-0.4, -0.2) is 40.8 Å². The Hall–Kier alpha value is -1.72. The van der Waals surface area contributed by atoms with Gasteiger partial charge in [-0.15, -0.1) is 0 Å². The molecule has 1 aromatic heterocycles. The topological polar surface area (TPSA) is 68.7 Å². The Labute approximate surface area is 107 Å². The van der Waals surface area contributed by atoms with Crippen molar-refractivity contribution >= 4 is 5.96 Å². The first-order valence-electron chi connectivity index (χ1n) is 6.13.